The number of carbonyl (C=O) groups excluding carboxylic acids is 2. The van der Waals surface area contributed by atoms with Crippen LogP contribution in [0.1, 0.15) is 44.6 Å². The van der Waals surface area contributed by atoms with Crippen LogP contribution < -0.4 is 4.74 Å². The van der Waals surface area contributed by atoms with Gasteiger partial charge in [0, 0.05) is 11.6 Å². The van der Waals surface area contributed by atoms with E-state index in [1.807, 2.05) is 36.4 Å². The average molecular weight is 413 g/mol. The number of carbonyl (C=O) groups is 2. The van der Waals surface area contributed by atoms with Crippen LogP contribution in [0.5, 0.6) is 5.75 Å². The van der Waals surface area contributed by atoms with E-state index in [2.05, 4.69) is 17.7 Å². The third kappa shape index (κ3) is 7.99. The Balaban J connectivity index is 1.80. The van der Waals surface area contributed by atoms with Crippen LogP contribution in [0.4, 0.5) is 0 Å². The molecule has 5 nitrogen and oxygen atoms in total. The molecule has 0 aliphatic heterocycles. The second kappa shape index (κ2) is 12.8. The van der Waals surface area contributed by atoms with Crippen molar-refractivity contribution in [2.45, 2.75) is 51.7 Å². The first-order valence-corrected chi connectivity index (χ1v) is 10.4. The van der Waals surface area contributed by atoms with Crippen molar-refractivity contribution in [3.63, 3.8) is 0 Å². The van der Waals surface area contributed by atoms with Gasteiger partial charge in [-0.2, -0.15) is 0 Å². The molecule has 0 fully saturated rings. The molecule has 1 aliphatic rings. The van der Waals surface area contributed by atoms with Gasteiger partial charge in [-0.05, 0) is 67.4 Å². The van der Waals surface area contributed by atoms with Crippen LogP contribution in [0.2, 0.25) is 0 Å². The zero-order valence-corrected chi connectivity index (χ0v) is 18.1. The molecule has 0 spiro atoms. The van der Waals surface area contributed by atoms with E-state index in [0.29, 0.717) is 12.5 Å². The highest BCUT2D eigenvalue weighted by molar-refractivity contribution is 5.81. The van der Waals surface area contributed by atoms with Crippen LogP contribution in [0, 0.1) is 5.92 Å². The summed E-state index contributed by atoms with van der Waals surface area (Å²) in [5, 5.41) is 0. The van der Waals surface area contributed by atoms with Crippen LogP contribution in [-0.2, 0) is 25.7 Å². The number of ether oxygens (including phenoxy) is 3. The predicted octanol–water partition coefficient (Wildman–Crippen LogP) is 4.96. The molecule has 0 amide bonds. The summed E-state index contributed by atoms with van der Waals surface area (Å²) in [7, 11) is 3.02. The molecule has 1 aromatic rings. The molecular weight excluding hydrogens is 380 g/mol. The smallest absolute Gasteiger partial charge is 0.330 e. The summed E-state index contributed by atoms with van der Waals surface area (Å²) in [5.41, 5.74) is 2.92. The summed E-state index contributed by atoms with van der Waals surface area (Å²) in [5.74, 6) is 0.810. The molecule has 2 atom stereocenters. The van der Waals surface area contributed by atoms with Gasteiger partial charge in [-0.15, -0.1) is 0 Å². The molecule has 0 saturated heterocycles. The fourth-order valence-corrected chi connectivity index (χ4v) is 3.35. The molecule has 1 aliphatic carbocycles. The van der Waals surface area contributed by atoms with Crippen LogP contribution in [0.15, 0.2) is 59.7 Å². The van der Waals surface area contributed by atoms with Gasteiger partial charge in [-0.25, -0.2) is 4.79 Å². The summed E-state index contributed by atoms with van der Waals surface area (Å²) in [4.78, 5) is 22.7. The predicted molar refractivity (Wildman–Crippen MR) is 117 cm³/mol. The van der Waals surface area contributed by atoms with E-state index < -0.39 is 0 Å². The highest BCUT2D eigenvalue weighted by Gasteiger charge is 2.18. The van der Waals surface area contributed by atoms with Crippen molar-refractivity contribution in [2.24, 2.45) is 5.92 Å². The van der Waals surface area contributed by atoms with Gasteiger partial charge >= 0.3 is 5.97 Å². The van der Waals surface area contributed by atoms with Crippen LogP contribution >= 0.6 is 0 Å². The standard InChI is InChI=1S/C25H32O5/c1-19(8-15-25(27)29-3)6-4-5-7-21-11-14-24(16-22(21)17-26)30-18-20-9-12-23(28-2)13-10-20/h7-10,12-13,15-17,19,24H,4-6,11,14,18H2,1-3H3/b15-8+,21-7+/t19-,24-/m0/s1. The van der Waals surface area contributed by atoms with Gasteiger partial charge in [0.2, 0.25) is 0 Å². The summed E-state index contributed by atoms with van der Waals surface area (Å²) < 4.78 is 15.8. The second-order valence-electron chi connectivity index (χ2n) is 7.50. The Bertz CT molecular complexity index is 773. The molecule has 162 valence electrons. The lowest BCUT2D eigenvalue weighted by molar-refractivity contribution is -0.134. The Labute approximate surface area is 179 Å². The number of hydrogen-bond acceptors (Lipinski definition) is 5. The number of aldehydes is 1. The van der Waals surface area contributed by atoms with Crippen molar-refractivity contribution >= 4 is 12.3 Å². The van der Waals surface area contributed by atoms with Crippen molar-refractivity contribution < 1.29 is 23.8 Å². The normalized spacial score (nSPS) is 18.8. The number of rotatable bonds is 11. The average Bonchev–Trinajstić information content (AvgIpc) is 2.79. The molecule has 5 heteroatoms. The number of methoxy groups -OCH3 is 2. The molecule has 0 radical (unpaired) electrons. The maximum atomic E-state index is 11.5. The van der Waals surface area contributed by atoms with E-state index in [1.54, 1.807) is 7.11 Å². The van der Waals surface area contributed by atoms with E-state index in [0.717, 1.165) is 60.8 Å². The zero-order valence-electron chi connectivity index (χ0n) is 18.1. The highest BCUT2D eigenvalue weighted by atomic mass is 16.5. The molecule has 1 aromatic carbocycles. The van der Waals surface area contributed by atoms with E-state index in [4.69, 9.17) is 9.47 Å². The Morgan fingerprint density at radius 2 is 2.00 bits per heavy atom. The Morgan fingerprint density at radius 1 is 1.23 bits per heavy atom. The van der Waals surface area contributed by atoms with Crippen molar-refractivity contribution in [3.8, 4) is 5.75 Å². The molecular formula is C25H32O5. The number of unbranched alkanes of at least 4 members (excludes halogenated alkanes) is 1. The summed E-state index contributed by atoms with van der Waals surface area (Å²) in [6.45, 7) is 2.59. The number of hydrogen-bond donors (Lipinski definition) is 0. The number of benzene rings is 1. The molecule has 0 unspecified atom stereocenters. The topological polar surface area (TPSA) is 61.8 Å². The molecule has 30 heavy (non-hydrogen) atoms. The van der Waals surface area contributed by atoms with E-state index in [-0.39, 0.29) is 12.1 Å². The summed E-state index contributed by atoms with van der Waals surface area (Å²) in [6.07, 6.45) is 12.9. The SMILES string of the molecule is COC(=O)/C=C/[C@@H](C)CCC/C=C1\CC[C@H](OCc2ccc(OC)cc2)C=C1C=O. The van der Waals surface area contributed by atoms with Crippen molar-refractivity contribution in [2.75, 3.05) is 14.2 Å². The van der Waals surface area contributed by atoms with Crippen molar-refractivity contribution in [1.82, 2.24) is 0 Å². The Morgan fingerprint density at radius 3 is 2.67 bits per heavy atom. The van der Waals surface area contributed by atoms with E-state index in [1.165, 1.54) is 13.2 Å². The maximum Gasteiger partial charge on any atom is 0.330 e. The minimum Gasteiger partial charge on any atom is -0.497 e. The minimum absolute atomic E-state index is 0.0482. The van der Waals surface area contributed by atoms with Crippen molar-refractivity contribution in [3.05, 3.63) is 65.3 Å². The fourth-order valence-electron chi connectivity index (χ4n) is 3.35. The number of esters is 1. The zero-order chi connectivity index (χ0) is 21.8. The van der Waals surface area contributed by atoms with Gasteiger partial charge in [-0.3, -0.25) is 4.79 Å². The van der Waals surface area contributed by atoms with Gasteiger partial charge in [0.25, 0.3) is 0 Å². The minimum atomic E-state index is -0.323. The molecule has 0 aromatic heterocycles. The van der Waals surface area contributed by atoms with Gasteiger partial charge in [0.1, 0.15) is 12.0 Å². The summed E-state index contributed by atoms with van der Waals surface area (Å²) >= 11 is 0. The van der Waals surface area contributed by atoms with Gasteiger partial charge in [-0.1, -0.05) is 31.2 Å². The Kier molecular flexibility index (Phi) is 10.1. The fraction of sp³-hybridized carbons (Fsp3) is 0.440. The molecule has 0 bridgehead atoms. The first kappa shape index (κ1) is 23.6. The third-order valence-corrected chi connectivity index (χ3v) is 5.20. The lowest BCUT2D eigenvalue weighted by Crippen LogP contribution is -2.16. The van der Waals surface area contributed by atoms with Gasteiger partial charge in [0.05, 0.1) is 26.9 Å². The third-order valence-electron chi connectivity index (χ3n) is 5.20. The quantitative estimate of drug-likeness (QED) is 0.222. The lowest BCUT2D eigenvalue weighted by Gasteiger charge is -2.22. The van der Waals surface area contributed by atoms with Crippen LogP contribution in [-0.4, -0.2) is 32.6 Å². The summed E-state index contributed by atoms with van der Waals surface area (Å²) in [6, 6.07) is 7.80. The largest absolute Gasteiger partial charge is 0.497 e. The van der Waals surface area contributed by atoms with Crippen molar-refractivity contribution in [1.29, 1.82) is 0 Å². The second-order valence-corrected chi connectivity index (χ2v) is 7.50. The van der Waals surface area contributed by atoms with E-state index in [9.17, 15) is 9.59 Å². The van der Waals surface area contributed by atoms with Crippen LogP contribution in [0.3, 0.4) is 0 Å². The first-order valence-electron chi connectivity index (χ1n) is 10.4. The van der Waals surface area contributed by atoms with Gasteiger partial charge in [0.15, 0.2) is 0 Å². The highest BCUT2D eigenvalue weighted by Crippen LogP contribution is 2.26. The molecule has 0 saturated carbocycles. The maximum absolute atomic E-state index is 11.5. The monoisotopic (exact) mass is 412 g/mol. The number of allylic oxidation sites excluding steroid dienone is 4. The van der Waals surface area contributed by atoms with E-state index >= 15 is 0 Å². The molecule has 2 rings (SSSR count). The van der Waals surface area contributed by atoms with Gasteiger partial charge < -0.3 is 14.2 Å². The molecule has 0 N–H and O–H groups in total. The first-order chi connectivity index (χ1) is 14.5. The van der Waals surface area contributed by atoms with Crippen LogP contribution in [0.25, 0.3) is 0 Å². The lowest BCUT2D eigenvalue weighted by atomic mass is 9.91. The Hall–Kier alpha value is -2.66. The molecule has 0 heterocycles.